The van der Waals surface area contributed by atoms with Crippen LogP contribution in [0.3, 0.4) is 0 Å². The van der Waals surface area contributed by atoms with Crippen LogP contribution in [-0.2, 0) is 9.59 Å². The molecule has 2 N–H and O–H groups in total. The van der Waals surface area contributed by atoms with E-state index in [-0.39, 0.29) is 11.9 Å². The zero-order valence-corrected chi connectivity index (χ0v) is 10.2. The van der Waals surface area contributed by atoms with Gasteiger partial charge in [-0.2, -0.15) is 0 Å². The average molecular weight is 240 g/mol. The molecular formula is C12H20N2O3. The predicted molar refractivity (Wildman–Crippen MR) is 62.6 cm³/mol. The molecule has 0 saturated carbocycles. The molecule has 17 heavy (non-hydrogen) atoms. The third-order valence-corrected chi connectivity index (χ3v) is 3.79. The lowest BCUT2D eigenvalue weighted by atomic mass is 9.92. The van der Waals surface area contributed by atoms with E-state index in [1.165, 1.54) is 0 Å². The number of carbonyl (C=O) groups excluding carboxylic acids is 1. The SMILES string of the molecule is CC1CCN(C(=O)[C@H]2CCCN2)C(C(=O)O)C1. The highest BCUT2D eigenvalue weighted by atomic mass is 16.4. The number of aliphatic carboxylic acids is 1. The number of rotatable bonds is 2. The summed E-state index contributed by atoms with van der Waals surface area (Å²) in [5.41, 5.74) is 0. The highest BCUT2D eigenvalue weighted by Gasteiger charge is 2.37. The molecule has 0 aromatic heterocycles. The number of nitrogens with one attached hydrogen (secondary N) is 1. The van der Waals surface area contributed by atoms with Crippen LogP contribution in [0.4, 0.5) is 0 Å². The quantitative estimate of drug-likeness (QED) is 0.735. The molecule has 0 aromatic rings. The van der Waals surface area contributed by atoms with Crippen LogP contribution in [0.25, 0.3) is 0 Å². The first-order valence-corrected chi connectivity index (χ1v) is 6.36. The molecule has 0 aromatic carbocycles. The zero-order chi connectivity index (χ0) is 12.4. The standard InChI is InChI=1S/C12H20N2O3/c1-8-4-6-14(10(7-8)12(16)17)11(15)9-3-2-5-13-9/h8-10,13H,2-7H2,1H3,(H,16,17)/t8?,9-,10?/m1/s1. The van der Waals surface area contributed by atoms with Crippen molar-refractivity contribution in [2.75, 3.05) is 13.1 Å². The topological polar surface area (TPSA) is 69.6 Å². The van der Waals surface area contributed by atoms with Crippen LogP contribution in [-0.4, -0.2) is 47.1 Å². The van der Waals surface area contributed by atoms with Crippen molar-refractivity contribution >= 4 is 11.9 Å². The fourth-order valence-corrected chi connectivity index (χ4v) is 2.73. The van der Waals surface area contributed by atoms with Gasteiger partial charge in [0.25, 0.3) is 0 Å². The van der Waals surface area contributed by atoms with Crippen molar-refractivity contribution in [2.45, 2.75) is 44.7 Å². The Morgan fingerprint density at radius 1 is 1.35 bits per heavy atom. The molecule has 5 heteroatoms. The van der Waals surface area contributed by atoms with Crippen molar-refractivity contribution in [2.24, 2.45) is 5.92 Å². The molecular weight excluding hydrogens is 220 g/mol. The summed E-state index contributed by atoms with van der Waals surface area (Å²) < 4.78 is 0. The Balaban J connectivity index is 2.06. The van der Waals surface area contributed by atoms with Gasteiger partial charge in [0.2, 0.25) is 5.91 Å². The van der Waals surface area contributed by atoms with E-state index in [4.69, 9.17) is 0 Å². The maximum Gasteiger partial charge on any atom is 0.326 e. The minimum atomic E-state index is -0.872. The molecule has 5 nitrogen and oxygen atoms in total. The van der Waals surface area contributed by atoms with Crippen molar-refractivity contribution in [3.8, 4) is 0 Å². The summed E-state index contributed by atoms with van der Waals surface area (Å²) in [4.78, 5) is 25.0. The van der Waals surface area contributed by atoms with Gasteiger partial charge in [-0.25, -0.2) is 4.79 Å². The summed E-state index contributed by atoms with van der Waals surface area (Å²) in [5, 5.41) is 12.3. The second kappa shape index (κ2) is 5.04. The molecule has 2 fully saturated rings. The number of piperidine rings is 1. The Kier molecular flexibility index (Phi) is 3.66. The first-order chi connectivity index (χ1) is 8.09. The molecule has 96 valence electrons. The summed E-state index contributed by atoms with van der Waals surface area (Å²) in [6, 6.07) is -0.793. The minimum absolute atomic E-state index is 0.0261. The summed E-state index contributed by atoms with van der Waals surface area (Å²) in [5.74, 6) is -0.513. The predicted octanol–water partition coefficient (Wildman–Crippen LogP) is 0.450. The number of nitrogens with zero attached hydrogens (tertiary/aromatic N) is 1. The third-order valence-electron chi connectivity index (χ3n) is 3.79. The highest BCUT2D eigenvalue weighted by Crippen LogP contribution is 2.24. The van der Waals surface area contributed by atoms with E-state index in [1.807, 2.05) is 6.92 Å². The summed E-state index contributed by atoms with van der Waals surface area (Å²) in [7, 11) is 0. The number of likely N-dealkylation sites (tertiary alicyclic amines) is 1. The van der Waals surface area contributed by atoms with E-state index in [2.05, 4.69) is 5.32 Å². The van der Waals surface area contributed by atoms with Crippen molar-refractivity contribution in [3.05, 3.63) is 0 Å². The molecule has 0 spiro atoms. The van der Waals surface area contributed by atoms with Crippen LogP contribution in [0.15, 0.2) is 0 Å². The van der Waals surface area contributed by atoms with E-state index in [0.717, 1.165) is 25.8 Å². The Morgan fingerprint density at radius 2 is 2.12 bits per heavy atom. The minimum Gasteiger partial charge on any atom is -0.480 e. The van der Waals surface area contributed by atoms with Crippen LogP contribution >= 0.6 is 0 Å². The molecule has 3 atom stereocenters. The van der Waals surface area contributed by atoms with Crippen molar-refractivity contribution in [1.82, 2.24) is 10.2 Å². The number of carboxylic acids is 1. The fraction of sp³-hybridized carbons (Fsp3) is 0.833. The van der Waals surface area contributed by atoms with Gasteiger partial charge >= 0.3 is 5.97 Å². The average Bonchev–Trinajstić information content (AvgIpc) is 2.81. The first-order valence-electron chi connectivity index (χ1n) is 6.36. The van der Waals surface area contributed by atoms with E-state index >= 15 is 0 Å². The van der Waals surface area contributed by atoms with Gasteiger partial charge < -0.3 is 15.3 Å². The molecule has 1 amide bonds. The van der Waals surface area contributed by atoms with Gasteiger partial charge in [-0.3, -0.25) is 4.79 Å². The molecule has 2 aliphatic heterocycles. The number of amides is 1. The first kappa shape index (κ1) is 12.4. The molecule has 2 saturated heterocycles. The van der Waals surface area contributed by atoms with Gasteiger partial charge in [-0.15, -0.1) is 0 Å². The molecule has 0 aliphatic carbocycles. The molecule has 2 rings (SSSR count). The van der Waals surface area contributed by atoms with E-state index in [0.29, 0.717) is 18.9 Å². The van der Waals surface area contributed by atoms with Crippen LogP contribution in [0.1, 0.15) is 32.6 Å². The Hall–Kier alpha value is -1.10. The highest BCUT2D eigenvalue weighted by molar-refractivity contribution is 5.87. The van der Waals surface area contributed by atoms with Gasteiger partial charge in [0.05, 0.1) is 6.04 Å². The maximum atomic E-state index is 12.2. The smallest absolute Gasteiger partial charge is 0.326 e. The molecule has 2 heterocycles. The van der Waals surface area contributed by atoms with Gasteiger partial charge in [0, 0.05) is 6.54 Å². The summed E-state index contributed by atoms with van der Waals surface area (Å²) in [6.07, 6.45) is 3.31. The summed E-state index contributed by atoms with van der Waals surface area (Å²) >= 11 is 0. The van der Waals surface area contributed by atoms with E-state index in [9.17, 15) is 14.7 Å². The molecule has 0 bridgehead atoms. The molecule has 2 aliphatic rings. The van der Waals surface area contributed by atoms with Crippen molar-refractivity contribution in [3.63, 3.8) is 0 Å². The van der Waals surface area contributed by atoms with Gasteiger partial charge in [-0.05, 0) is 38.1 Å². The lowest BCUT2D eigenvalue weighted by Gasteiger charge is -2.37. The second-order valence-electron chi connectivity index (χ2n) is 5.16. The van der Waals surface area contributed by atoms with Crippen LogP contribution in [0.2, 0.25) is 0 Å². The van der Waals surface area contributed by atoms with Crippen LogP contribution in [0, 0.1) is 5.92 Å². The van der Waals surface area contributed by atoms with E-state index < -0.39 is 12.0 Å². The monoisotopic (exact) mass is 240 g/mol. The largest absolute Gasteiger partial charge is 0.480 e. The molecule has 2 unspecified atom stereocenters. The van der Waals surface area contributed by atoms with Crippen molar-refractivity contribution in [1.29, 1.82) is 0 Å². The number of carbonyl (C=O) groups is 2. The van der Waals surface area contributed by atoms with Gasteiger partial charge in [-0.1, -0.05) is 6.92 Å². The molecule has 0 radical (unpaired) electrons. The number of hydrogen-bond acceptors (Lipinski definition) is 3. The maximum absolute atomic E-state index is 12.2. The van der Waals surface area contributed by atoms with Crippen molar-refractivity contribution < 1.29 is 14.7 Å². The third kappa shape index (κ3) is 2.60. The second-order valence-corrected chi connectivity index (χ2v) is 5.16. The Bertz CT molecular complexity index is 313. The van der Waals surface area contributed by atoms with Crippen LogP contribution in [0.5, 0.6) is 0 Å². The lowest BCUT2D eigenvalue weighted by molar-refractivity contribution is -0.153. The Morgan fingerprint density at radius 3 is 2.71 bits per heavy atom. The zero-order valence-electron chi connectivity index (χ0n) is 10.2. The normalized spacial score (nSPS) is 33.7. The fourth-order valence-electron chi connectivity index (χ4n) is 2.73. The van der Waals surface area contributed by atoms with Crippen LogP contribution < -0.4 is 5.32 Å². The van der Waals surface area contributed by atoms with Gasteiger partial charge in [0.1, 0.15) is 6.04 Å². The summed E-state index contributed by atoms with van der Waals surface area (Å²) in [6.45, 7) is 3.49. The Labute approximate surface area is 101 Å². The van der Waals surface area contributed by atoms with Gasteiger partial charge in [0.15, 0.2) is 0 Å². The number of hydrogen-bond donors (Lipinski definition) is 2. The number of carboxylic acid groups (broad SMARTS) is 1. The van der Waals surface area contributed by atoms with E-state index in [1.54, 1.807) is 4.90 Å². The lowest BCUT2D eigenvalue weighted by Crippen LogP contribution is -2.54.